The van der Waals surface area contributed by atoms with E-state index in [0.29, 0.717) is 6.42 Å². The topological polar surface area (TPSA) is 115 Å². The SMILES string of the molecule is [B][C@@H]1O[C@H](C(C)OP(=O)(O)O)[C@@H](OC)[C@H]1OCCCO. The molecule has 1 unspecified atom stereocenters. The zero-order valence-electron chi connectivity index (χ0n) is 11.4. The van der Waals surface area contributed by atoms with Gasteiger partial charge in [0.1, 0.15) is 26.2 Å². The summed E-state index contributed by atoms with van der Waals surface area (Å²) in [5.74, 6) is 0. The Kier molecular flexibility index (Phi) is 7.10. The number of hydrogen-bond donors (Lipinski definition) is 3. The van der Waals surface area contributed by atoms with E-state index in [0.717, 1.165) is 0 Å². The van der Waals surface area contributed by atoms with Crippen LogP contribution in [0.1, 0.15) is 13.3 Å². The van der Waals surface area contributed by atoms with E-state index in [9.17, 15) is 4.57 Å². The number of phosphoric ester groups is 1. The Balaban J connectivity index is 2.66. The molecule has 0 aromatic rings. The minimum atomic E-state index is -4.63. The van der Waals surface area contributed by atoms with E-state index in [2.05, 4.69) is 4.52 Å². The van der Waals surface area contributed by atoms with Gasteiger partial charge in [-0.25, -0.2) is 4.57 Å². The molecule has 116 valence electrons. The maximum atomic E-state index is 10.9. The molecule has 8 nitrogen and oxygen atoms in total. The van der Waals surface area contributed by atoms with Crippen LogP contribution in [-0.4, -0.2) is 73.5 Å². The predicted molar refractivity (Wildman–Crippen MR) is 69.2 cm³/mol. The van der Waals surface area contributed by atoms with E-state index >= 15 is 0 Å². The third-order valence-electron chi connectivity index (χ3n) is 2.94. The van der Waals surface area contributed by atoms with Crippen molar-refractivity contribution in [2.24, 2.45) is 0 Å². The summed E-state index contributed by atoms with van der Waals surface area (Å²) >= 11 is 0. The number of hydrogen-bond acceptors (Lipinski definition) is 6. The summed E-state index contributed by atoms with van der Waals surface area (Å²) in [6.45, 7) is 1.72. The van der Waals surface area contributed by atoms with Gasteiger partial charge in [0.25, 0.3) is 0 Å². The number of methoxy groups -OCH3 is 1. The van der Waals surface area contributed by atoms with E-state index in [1.807, 2.05) is 0 Å². The second kappa shape index (κ2) is 7.86. The Morgan fingerprint density at radius 3 is 2.55 bits per heavy atom. The van der Waals surface area contributed by atoms with Crippen LogP contribution in [0, 0.1) is 0 Å². The predicted octanol–water partition coefficient (Wildman–Crippen LogP) is -0.840. The Bertz CT molecular complexity index is 337. The highest BCUT2D eigenvalue weighted by atomic mass is 31.2. The summed E-state index contributed by atoms with van der Waals surface area (Å²) in [5.41, 5.74) is 0. The molecule has 1 aliphatic heterocycles. The van der Waals surface area contributed by atoms with Crippen LogP contribution in [0.15, 0.2) is 0 Å². The first-order chi connectivity index (χ1) is 9.30. The van der Waals surface area contributed by atoms with Crippen molar-refractivity contribution < 1.29 is 38.2 Å². The van der Waals surface area contributed by atoms with Crippen LogP contribution in [0.25, 0.3) is 0 Å². The molecule has 10 heteroatoms. The van der Waals surface area contributed by atoms with Crippen molar-refractivity contribution in [3.8, 4) is 0 Å². The molecule has 0 aromatic carbocycles. The number of rotatable bonds is 8. The molecule has 0 spiro atoms. The number of phosphoric acid groups is 1. The molecule has 5 atom stereocenters. The van der Waals surface area contributed by atoms with Gasteiger partial charge >= 0.3 is 7.82 Å². The molecule has 1 rings (SSSR count). The number of aliphatic hydroxyl groups excluding tert-OH is 1. The van der Waals surface area contributed by atoms with Crippen LogP contribution in [-0.2, 0) is 23.3 Å². The van der Waals surface area contributed by atoms with Gasteiger partial charge in [-0.1, -0.05) is 0 Å². The third-order valence-corrected chi connectivity index (χ3v) is 3.54. The van der Waals surface area contributed by atoms with Crippen molar-refractivity contribution in [3.05, 3.63) is 0 Å². The molecule has 1 heterocycles. The molecule has 3 N–H and O–H groups in total. The summed E-state index contributed by atoms with van der Waals surface area (Å²) in [7, 11) is 2.58. The lowest BCUT2D eigenvalue weighted by atomic mass is 9.92. The molecule has 0 aliphatic carbocycles. The van der Waals surface area contributed by atoms with Gasteiger partial charge in [0.05, 0.1) is 6.10 Å². The first-order valence-corrected chi connectivity index (χ1v) is 7.73. The van der Waals surface area contributed by atoms with Crippen LogP contribution < -0.4 is 0 Å². The van der Waals surface area contributed by atoms with Gasteiger partial charge in [0, 0.05) is 26.3 Å². The van der Waals surface area contributed by atoms with Crippen LogP contribution >= 0.6 is 7.82 Å². The molecule has 20 heavy (non-hydrogen) atoms. The van der Waals surface area contributed by atoms with Gasteiger partial charge in [0.2, 0.25) is 0 Å². The fraction of sp³-hybridized carbons (Fsp3) is 1.00. The Labute approximate surface area is 119 Å². The van der Waals surface area contributed by atoms with E-state index < -0.39 is 38.2 Å². The van der Waals surface area contributed by atoms with Gasteiger partial charge in [-0.2, -0.15) is 0 Å². The van der Waals surface area contributed by atoms with Gasteiger partial charge in [0.15, 0.2) is 0 Å². The van der Waals surface area contributed by atoms with E-state index in [1.165, 1.54) is 14.0 Å². The van der Waals surface area contributed by atoms with Crippen molar-refractivity contribution in [2.45, 2.75) is 43.8 Å². The molecule has 2 radical (unpaired) electrons. The Morgan fingerprint density at radius 1 is 1.40 bits per heavy atom. The fourth-order valence-corrected chi connectivity index (χ4v) is 2.66. The molecule has 0 saturated carbocycles. The Hall–Kier alpha value is 0.0149. The Morgan fingerprint density at radius 2 is 2.05 bits per heavy atom. The standard InChI is InChI=1S/C10H20BO8P/c1-6(19-20(13,14)15)7-8(16-2)9(10(11)18-7)17-5-3-4-12/h6-10,12H,3-5H2,1-2H3,(H2,13,14,15)/t6?,7-,8-,9-,10-/m1/s1. The average molecular weight is 310 g/mol. The van der Waals surface area contributed by atoms with Crippen LogP contribution in [0.3, 0.4) is 0 Å². The molecule has 0 amide bonds. The zero-order valence-corrected chi connectivity index (χ0v) is 12.3. The first kappa shape index (κ1) is 18.1. The summed E-state index contributed by atoms with van der Waals surface area (Å²) in [6, 6.07) is -0.800. The summed E-state index contributed by atoms with van der Waals surface area (Å²) in [4.78, 5) is 17.6. The van der Waals surface area contributed by atoms with Crippen molar-refractivity contribution >= 4 is 15.7 Å². The van der Waals surface area contributed by atoms with Crippen LogP contribution in [0.2, 0.25) is 0 Å². The molecular weight excluding hydrogens is 290 g/mol. The largest absolute Gasteiger partial charge is 0.469 e. The van der Waals surface area contributed by atoms with Crippen LogP contribution in [0.4, 0.5) is 0 Å². The number of ether oxygens (including phenoxy) is 3. The minimum Gasteiger partial charge on any atom is -0.396 e. The van der Waals surface area contributed by atoms with E-state index in [1.54, 1.807) is 0 Å². The molecule has 0 bridgehead atoms. The fourth-order valence-electron chi connectivity index (χ4n) is 2.11. The van der Waals surface area contributed by atoms with Gasteiger partial charge in [-0.05, 0) is 13.3 Å². The van der Waals surface area contributed by atoms with Crippen LogP contribution in [0.5, 0.6) is 0 Å². The highest BCUT2D eigenvalue weighted by Gasteiger charge is 2.47. The maximum Gasteiger partial charge on any atom is 0.469 e. The van der Waals surface area contributed by atoms with Gasteiger partial charge in [-0.15, -0.1) is 0 Å². The summed E-state index contributed by atoms with van der Waals surface area (Å²) < 4.78 is 31.6. The van der Waals surface area contributed by atoms with Crippen molar-refractivity contribution in [3.63, 3.8) is 0 Å². The minimum absolute atomic E-state index is 0.0123. The zero-order chi connectivity index (χ0) is 15.3. The first-order valence-electron chi connectivity index (χ1n) is 6.20. The maximum absolute atomic E-state index is 10.9. The monoisotopic (exact) mass is 310 g/mol. The second-order valence-electron chi connectivity index (χ2n) is 4.48. The molecule has 0 aromatic heterocycles. The van der Waals surface area contributed by atoms with E-state index in [-0.39, 0.29) is 13.2 Å². The smallest absolute Gasteiger partial charge is 0.396 e. The van der Waals surface area contributed by atoms with Crippen molar-refractivity contribution in [2.75, 3.05) is 20.3 Å². The lowest BCUT2D eigenvalue weighted by Gasteiger charge is -2.26. The normalized spacial score (nSPS) is 32.5. The quantitative estimate of drug-likeness (QED) is 0.302. The molecule has 1 aliphatic rings. The molecule has 1 fully saturated rings. The molecule has 1 saturated heterocycles. The van der Waals surface area contributed by atoms with Crippen molar-refractivity contribution in [1.29, 1.82) is 0 Å². The highest BCUT2D eigenvalue weighted by molar-refractivity contribution is 7.46. The van der Waals surface area contributed by atoms with E-state index in [4.69, 9.17) is 37.0 Å². The second-order valence-corrected chi connectivity index (χ2v) is 5.67. The van der Waals surface area contributed by atoms with Gasteiger partial charge in [-0.3, -0.25) is 4.52 Å². The highest BCUT2D eigenvalue weighted by Crippen LogP contribution is 2.40. The average Bonchev–Trinajstić information content (AvgIpc) is 2.64. The number of aliphatic hydroxyl groups is 1. The third kappa shape index (κ3) is 5.09. The van der Waals surface area contributed by atoms with Gasteiger partial charge < -0.3 is 29.1 Å². The lowest BCUT2D eigenvalue weighted by molar-refractivity contribution is -0.0699. The lowest BCUT2D eigenvalue weighted by Crippen LogP contribution is -2.41. The summed E-state index contributed by atoms with van der Waals surface area (Å²) in [5, 5.41) is 8.72. The molecular formula is C10H20BO8P. The summed E-state index contributed by atoms with van der Waals surface area (Å²) in [6.07, 6.45) is -2.46. The van der Waals surface area contributed by atoms with Crippen molar-refractivity contribution in [1.82, 2.24) is 0 Å².